The first-order valence-corrected chi connectivity index (χ1v) is 17.2. The van der Waals surface area contributed by atoms with Crippen molar-refractivity contribution in [1.29, 1.82) is 0 Å². The number of anilines is 2. The minimum absolute atomic E-state index is 0.0248. The average molecular weight is 724 g/mol. The molecule has 0 unspecified atom stereocenters. The van der Waals surface area contributed by atoms with E-state index in [1.165, 1.54) is 7.11 Å². The Labute approximate surface area is 308 Å². The van der Waals surface area contributed by atoms with E-state index < -0.39 is 23.8 Å². The molecule has 13 nitrogen and oxygen atoms in total. The fourth-order valence-corrected chi connectivity index (χ4v) is 5.08. The van der Waals surface area contributed by atoms with Crippen LogP contribution in [-0.2, 0) is 28.7 Å². The van der Waals surface area contributed by atoms with Crippen LogP contribution in [-0.4, -0.2) is 49.3 Å². The topological polar surface area (TPSA) is 201 Å². The van der Waals surface area contributed by atoms with Gasteiger partial charge in [-0.1, -0.05) is 43.3 Å². The third-order valence-corrected chi connectivity index (χ3v) is 8.11. The van der Waals surface area contributed by atoms with Crippen LogP contribution in [0.1, 0.15) is 45.4 Å². The summed E-state index contributed by atoms with van der Waals surface area (Å²) in [4.78, 5) is 59.1. The molecule has 0 saturated heterocycles. The van der Waals surface area contributed by atoms with Gasteiger partial charge in [0.2, 0.25) is 23.6 Å². The molecule has 0 bridgehead atoms. The minimum Gasteiger partial charge on any atom is -0.469 e. The van der Waals surface area contributed by atoms with Crippen LogP contribution >= 0.6 is 0 Å². The second-order valence-corrected chi connectivity index (χ2v) is 12.4. The Kier molecular flexibility index (Phi) is 14.9. The monoisotopic (exact) mass is 723 g/mol. The van der Waals surface area contributed by atoms with Gasteiger partial charge in [0.1, 0.15) is 23.0 Å². The van der Waals surface area contributed by atoms with Gasteiger partial charge in [0, 0.05) is 48.3 Å². The van der Waals surface area contributed by atoms with E-state index in [2.05, 4.69) is 20.7 Å². The van der Waals surface area contributed by atoms with Crippen molar-refractivity contribution >= 4 is 41.0 Å². The smallest absolute Gasteiger partial charge is 0.306 e. The molecule has 53 heavy (non-hydrogen) atoms. The van der Waals surface area contributed by atoms with Gasteiger partial charge in [-0.05, 0) is 79.4 Å². The van der Waals surface area contributed by atoms with Crippen LogP contribution in [0.3, 0.4) is 0 Å². The standard InChI is InChI=1S/C40H45N5O8/c1-26(25-43-37(47)23-24-39(49)51-2)11-22-38(48)44-27-12-16-29(17-13-27)52-34-9-5-3-7-31(34)32-8-4-6-10-35(32)53-30-18-14-28(15-19-30)45-40(50)33(41)20-21-36(42)46/h3-10,12-19,26,33H,11,20-25,41H2,1-2H3,(H2,42,46)(H,43,47)(H,44,48)(H,45,50)/t26-,33+/m0/s1. The first-order chi connectivity index (χ1) is 25.5. The van der Waals surface area contributed by atoms with Crippen molar-refractivity contribution in [3.05, 3.63) is 97.1 Å². The predicted molar refractivity (Wildman–Crippen MR) is 201 cm³/mol. The van der Waals surface area contributed by atoms with E-state index in [0.29, 0.717) is 47.3 Å². The maximum atomic E-state index is 12.6. The molecule has 278 valence electrons. The number of nitrogens with one attached hydrogen (secondary N) is 3. The van der Waals surface area contributed by atoms with Crippen molar-refractivity contribution in [2.24, 2.45) is 17.4 Å². The van der Waals surface area contributed by atoms with Crippen molar-refractivity contribution in [3.8, 4) is 34.1 Å². The third-order valence-electron chi connectivity index (χ3n) is 8.11. The molecule has 2 atom stereocenters. The molecule has 4 aromatic rings. The Morgan fingerprint density at radius 1 is 0.642 bits per heavy atom. The van der Waals surface area contributed by atoms with Crippen molar-refractivity contribution in [2.75, 3.05) is 24.3 Å². The van der Waals surface area contributed by atoms with Gasteiger partial charge < -0.3 is 41.6 Å². The zero-order chi connectivity index (χ0) is 38.2. The number of benzene rings is 4. The Bertz CT molecular complexity index is 1860. The number of para-hydroxylation sites is 2. The van der Waals surface area contributed by atoms with Gasteiger partial charge in [0.15, 0.2) is 0 Å². The highest BCUT2D eigenvalue weighted by Crippen LogP contribution is 2.40. The molecule has 0 aliphatic heterocycles. The number of hydrogen-bond acceptors (Lipinski definition) is 9. The molecule has 4 rings (SSSR count). The number of ether oxygens (including phenoxy) is 3. The zero-order valence-electron chi connectivity index (χ0n) is 29.8. The number of nitrogens with two attached hydrogens (primary N) is 2. The number of methoxy groups -OCH3 is 1. The van der Waals surface area contributed by atoms with Gasteiger partial charge in [-0.15, -0.1) is 0 Å². The van der Waals surface area contributed by atoms with E-state index in [4.69, 9.17) is 20.9 Å². The van der Waals surface area contributed by atoms with Gasteiger partial charge in [0.05, 0.1) is 19.6 Å². The van der Waals surface area contributed by atoms with E-state index in [1.807, 2.05) is 55.5 Å². The molecule has 0 aliphatic rings. The summed E-state index contributed by atoms with van der Waals surface area (Å²) in [5, 5.41) is 8.41. The van der Waals surface area contributed by atoms with Gasteiger partial charge in [-0.2, -0.15) is 0 Å². The Morgan fingerprint density at radius 3 is 1.70 bits per heavy atom. The second-order valence-electron chi connectivity index (χ2n) is 12.4. The lowest BCUT2D eigenvalue weighted by molar-refractivity contribution is -0.142. The molecule has 0 radical (unpaired) electrons. The van der Waals surface area contributed by atoms with Crippen molar-refractivity contribution in [3.63, 3.8) is 0 Å². The second kappa shape index (κ2) is 20.0. The van der Waals surface area contributed by atoms with Gasteiger partial charge >= 0.3 is 5.97 Å². The molecule has 0 aliphatic carbocycles. The number of carbonyl (C=O) groups excluding carboxylic acids is 5. The van der Waals surface area contributed by atoms with Crippen LogP contribution in [0.5, 0.6) is 23.0 Å². The normalized spacial score (nSPS) is 11.8. The number of primary amides is 1. The Morgan fingerprint density at radius 2 is 1.17 bits per heavy atom. The van der Waals surface area contributed by atoms with Gasteiger partial charge in [0.25, 0.3) is 0 Å². The molecular formula is C40H45N5O8. The SMILES string of the molecule is COC(=O)CCC(=O)NC[C@@H](C)CCC(=O)Nc1ccc(Oc2ccccc2-c2ccccc2Oc2ccc(NC(=O)[C@H](N)CCC(N)=O)cc2)cc1. The average Bonchev–Trinajstić information content (AvgIpc) is 3.16. The highest BCUT2D eigenvalue weighted by Gasteiger charge is 2.16. The molecule has 7 N–H and O–H groups in total. The first-order valence-electron chi connectivity index (χ1n) is 17.2. The van der Waals surface area contributed by atoms with Crippen LogP contribution in [0.2, 0.25) is 0 Å². The number of esters is 1. The summed E-state index contributed by atoms with van der Waals surface area (Å²) in [5.41, 5.74) is 13.7. The minimum atomic E-state index is -0.863. The first kappa shape index (κ1) is 39.6. The van der Waals surface area contributed by atoms with Crippen molar-refractivity contribution in [2.45, 2.75) is 51.5 Å². The van der Waals surface area contributed by atoms with Crippen LogP contribution in [0.25, 0.3) is 11.1 Å². The number of carbonyl (C=O) groups is 5. The van der Waals surface area contributed by atoms with Crippen LogP contribution < -0.4 is 36.9 Å². The highest BCUT2D eigenvalue weighted by molar-refractivity contribution is 5.95. The maximum Gasteiger partial charge on any atom is 0.306 e. The van der Waals surface area contributed by atoms with E-state index in [-0.39, 0.29) is 49.8 Å². The Balaban J connectivity index is 1.32. The summed E-state index contributed by atoms with van der Waals surface area (Å²) < 4.78 is 17.1. The summed E-state index contributed by atoms with van der Waals surface area (Å²) in [7, 11) is 1.28. The quantitative estimate of drug-likeness (QED) is 0.0731. The maximum absolute atomic E-state index is 12.6. The largest absolute Gasteiger partial charge is 0.469 e. The summed E-state index contributed by atoms with van der Waals surface area (Å²) in [6, 6.07) is 28.2. The zero-order valence-corrected chi connectivity index (χ0v) is 29.8. The lowest BCUT2D eigenvalue weighted by atomic mass is 10.0. The molecule has 0 heterocycles. The molecule has 0 saturated carbocycles. The lowest BCUT2D eigenvalue weighted by Crippen LogP contribution is -2.36. The van der Waals surface area contributed by atoms with Crippen LogP contribution in [0.4, 0.5) is 11.4 Å². The van der Waals surface area contributed by atoms with Gasteiger partial charge in [-0.25, -0.2) is 0 Å². The summed E-state index contributed by atoms with van der Waals surface area (Å²) in [6.07, 6.45) is 1.13. The van der Waals surface area contributed by atoms with Crippen molar-refractivity contribution < 1.29 is 38.2 Å². The number of hydrogen-bond donors (Lipinski definition) is 5. The molecule has 0 spiro atoms. The summed E-state index contributed by atoms with van der Waals surface area (Å²) in [5.74, 6) is 0.609. The predicted octanol–water partition coefficient (Wildman–Crippen LogP) is 5.89. The van der Waals surface area contributed by atoms with Crippen LogP contribution in [0, 0.1) is 5.92 Å². The number of amides is 4. The molecule has 0 fully saturated rings. The third kappa shape index (κ3) is 13.1. The van der Waals surface area contributed by atoms with E-state index >= 15 is 0 Å². The fraction of sp³-hybridized carbons (Fsp3) is 0.275. The van der Waals surface area contributed by atoms with Gasteiger partial charge in [-0.3, -0.25) is 24.0 Å². The molecule has 4 amide bonds. The fourth-order valence-electron chi connectivity index (χ4n) is 5.08. The van der Waals surface area contributed by atoms with E-state index in [0.717, 1.165) is 11.1 Å². The lowest BCUT2D eigenvalue weighted by Gasteiger charge is -2.16. The van der Waals surface area contributed by atoms with Crippen molar-refractivity contribution in [1.82, 2.24) is 5.32 Å². The van der Waals surface area contributed by atoms with E-state index in [9.17, 15) is 24.0 Å². The Hall–Kier alpha value is -6.21. The summed E-state index contributed by atoms with van der Waals surface area (Å²) >= 11 is 0. The highest BCUT2D eigenvalue weighted by atomic mass is 16.5. The number of rotatable bonds is 19. The summed E-state index contributed by atoms with van der Waals surface area (Å²) in [6.45, 7) is 2.35. The molecule has 13 heteroatoms. The van der Waals surface area contributed by atoms with E-state index in [1.54, 1.807) is 48.5 Å². The van der Waals surface area contributed by atoms with Crippen LogP contribution in [0.15, 0.2) is 97.1 Å². The molecule has 0 aromatic heterocycles. The molecule has 4 aromatic carbocycles. The molecular weight excluding hydrogens is 678 g/mol.